The van der Waals surface area contributed by atoms with Crippen LogP contribution in [0.25, 0.3) is 0 Å². The Morgan fingerprint density at radius 2 is 2.07 bits per heavy atom. The minimum atomic E-state index is -0.0911. The minimum Gasteiger partial charge on any atom is -0.493 e. The van der Waals surface area contributed by atoms with Gasteiger partial charge in [0, 0.05) is 42.4 Å². The van der Waals surface area contributed by atoms with Crippen molar-refractivity contribution in [1.29, 1.82) is 0 Å². The van der Waals surface area contributed by atoms with Crippen LogP contribution in [-0.2, 0) is 6.42 Å². The van der Waals surface area contributed by atoms with Crippen LogP contribution in [0.2, 0.25) is 10.0 Å². The second kappa shape index (κ2) is 8.33. The van der Waals surface area contributed by atoms with Crippen molar-refractivity contribution in [2.75, 3.05) is 25.1 Å². The van der Waals surface area contributed by atoms with Gasteiger partial charge in [0.15, 0.2) is 11.5 Å². The van der Waals surface area contributed by atoms with E-state index in [0.29, 0.717) is 21.4 Å². The van der Waals surface area contributed by atoms with Crippen LogP contribution in [0.3, 0.4) is 0 Å². The summed E-state index contributed by atoms with van der Waals surface area (Å²) < 4.78 is 11.3. The zero-order valence-electron chi connectivity index (χ0n) is 16.5. The van der Waals surface area contributed by atoms with Gasteiger partial charge in [0.05, 0.1) is 17.2 Å². The molecule has 2 heterocycles. The molecule has 154 valence electrons. The number of fused-ring (bicyclic) bond motifs is 1. The Kier molecular flexibility index (Phi) is 5.79. The van der Waals surface area contributed by atoms with Gasteiger partial charge in [0.1, 0.15) is 6.10 Å². The van der Waals surface area contributed by atoms with Gasteiger partial charge in [-0.1, -0.05) is 23.2 Å². The van der Waals surface area contributed by atoms with E-state index in [4.69, 9.17) is 32.7 Å². The standard InChI is InChI=1S/C22H24Cl2N2O3/c1-13-8-14-9-15(10-20(28-2)21(14)29-13)22(27)25-16-4-3-7-26(12-16)17-5-6-18(23)19(24)11-17/h5-6,9-11,13,16H,3-4,7-8,12H2,1-2H3,(H,25,27). The largest absolute Gasteiger partial charge is 0.493 e. The molecule has 5 nitrogen and oxygen atoms in total. The molecule has 29 heavy (non-hydrogen) atoms. The zero-order valence-corrected chi connectivity index (χ0v) is 18.0. The average Bonchev–Trinajstić information content (AvgIpc) is 3.09. The van der Waals surface area contributed by atoms with Gasteiger partial charge in [-0.25, -0.2) is 0 Å². The summed E-state index contributed by atoms with van der Waals surface area (Å²) in [6, 6.07) is 9.37. The second-order valence-electron chi connectivity index (χ2n) is 7.66. The number of hydrogen-bond donors (Lipinski definition) is 1. The first-order valence-corrected chi connectivity index (χ1v) is 10.6. The summed E-state index contributed by atoms with van der Waals surface area (Å²) in [4.78, 5) is 15.2. The number of amides is 1. The average molecular weight is 435 g/mol. The summed E-state index contributed by atoms with van der Waals surface area (Å²) in [5, 5.41) is 4.26. The van der Waals surface area contributed by atoms with Crippen LogP contribution in [0.4, 0.5) is 5.69 Å². The Balaban J connectivity index is 1.47. The molecule has 0 aliphatic carbocycles. The van der Waals surface area contributed by atoms with Crippen molar-refractivity contribution in [2.45, 2.75) is 38.3 Å². The summed E-state index contributed by atoms with van der Waals surface area (Å²) in [5.74, 6) is 1.27. The van der Waals surface area contributed by atoms with Crippen molar-refractivity contribution in [2.24, 2.45) is 0 Å². The first-order chi connectivity index (χ1) is 13.9. The van der Waals surface area contributed by atoms with Crippen LogP contribution in [0.5, 0.6) is 11.5 Å². The van der Waals surface area contributed by atoms with E-state index in [1.807, 2.05) is 25.1 Å². The molecule has 0 radical (unpaired) electrons. The van der Waals surface area contributed by atoms with Crippen LogP contribution in [0.1, 0.15) is 35.7 Å². The molecule has 2 unspecified atom stereocenters. The molecule has 2 atom stereocenters. The number of anilines is 1. The van der Waals surface area contributed by atoms with Gasteiger partial charge in [-0.05, 0) is 50.1 Å². The molecule has 0 aromatic heterocycles. The summed E-state index contributed by atoms with van der Waals surface area (Å²) >= 11 is 12.2. The third kappa shape index (κ3) is 4.26. The van der Waals surface area contributed by atoms with Gasteiger partial charge in [-0.2, -0.15) is 0 Å². The van der Waals surface area contributed by atoms with Gasteiger partial charge in [-0.3, -0.25) is 4.79 Å². The van der Waals surface area contributed by atoms with E-state index in [1.54, 1.807) is 19.2 Å². The molecule has 1 amide bonds. The fourth-order valence-corrected chi connectivity index (χ4v) is 4.35. The lowest BCUT2D eigenvalue weighted by molar-refractivity contribution is 0.0932. The Morgan fingerprint density at radius 3 is 2.83 bits per heavy atom. The first kappa shape index (κ1) is 20.2. The molecule has 1 fully saturated rings. The lowest BCUT2D eigenvalue weighted by Crippen LogP contribution is -2.47. The molecule has 4 rings (SSSR count). The van der Waals surface area contributed by atoms with Crippen LogP contribution in [-0.4, -0.2) is 38.3 Å². The summed E-state index contributed by atoms with van der Waals surface area (Å²) in [5.41, 5.74) is 2.64. The number of rotatable bonds is 4. The van der Waals surface area contributed by atoms with Gasteiger partial charge < -0.3 is 19.7 Å². The highest BCUT2D eigenvalue weighted by atomic mass is 35.5. The van der Waals surface area contributed by atoms with Gasteiger partial charge in [-0.15, -0.1) is 0 Å². The summed E-state index contributed by atoms with van der Waals surface area (Å²) in [7, 11) is 1.60. The van der Waals surface area contributed by atoms with Gasteiger partial charge in [0.25, 0.3) is 5.91 Å². The normalized spacial score (nSPS) is 20.8. The number of nitrogens with zero attached hydrogens (tertiary/aromatic N) is 1. The predicted molar refractivity (Wildman–Crippen MR) is 116 cm³/mol. The van der Waals surface area contributed by atoms with E-state index < -0.39 is 0 Å². The van der Waals surface area contributed by atoms with Crippen molar-refractivity contribution in [3.05, 3.63) is 51.5 Å². The highest BCUT2D eigenvalue weighted by Crippen LogP contribution is 2.39. The second-order valence-corrected chi connectivity index (χ2v) is 8.47. The van der Waals surface area contributed by atoms with E-state index in [1.165, 1.54) is 0 Å². The molecule has 1 N–H and O–H groups in total. The molecule has 1 saturated heterocycles. The van der Waals surface area contributed by atoms with Gasteiger partial charge in [0.2, 0.25) is 0 Å². The lowest BCUT2D eigenvalue weighted by atomic mass is 10.0. The molecular weight excluding hydrogens is 411 g/mol. The lowest BCUT2D eigenvalue weighted by Gasteiger charge is -2.35. The minimum absolute atomic E-state index is 0.0557. The molecule has 0 saturated carbocycles. The number of nitrogens with one attached hydrogen (secondary N) is 1. The number of methoxy groups -OCH3 is 1. The smallest absolute Gasteiger partial charge is 0.251 e. The fourth-order valence-electron chi connectivity index (χ4n) is 4.06. The van der Waals surface area contributed by atoms with E-state index in [0.717, 1.165) is 49.4 Å². The Labute approximate surface area is 180 Å². The number of carbonyl (C=O) groups excluding carboxylic acids is 1. The maximum Gasteiger partial charge on any atom is 0.251 e. The highest BCUT2D eigenvalue weighted by Gasteiger charge is 2.27. The van der Waals surface area contributed by atoms with E-state index in [2.05, 4.69) is 10.2 Å². The van der Waals surface area contributed by atoms with Crippen LogP contribution >= 0.6 is 23.2 Å². The van der Waals surface area contributed by atoms with Crippen molar-refractivity contribution in [3.8, 4) is 11.5 Å². The summed E-state index contributed by atoms with van der Waals surface area (Å²) in [6.07, 6.45) is 2.80. The van der Waals surface area contributed by atoms with Crippen molar-refractivity contribution in [3.63, 3.8) is 0 Å². The van der Waals surface area contributed by atoms with Crippen molar-refractivity contribution in [1.82, 2.24) is 5.32 Å². The topological polar surface area (TPSA) is 50.8 Å². The Bertz CT molecular complexity index is 935. The highest BCUT2D eigenvalue weighted by molar-refractivity contribution is 6.42. The summed E-state index contributed by atoms with van der Waals surface area (Å²) in [6.45, 7) is 3.66. The van der Waals surface area contributed by atoms with Crippen molar-refractivity contribution >= 4 is 34.8 Å². The third-order valence-corrected chi connectivity index (χ3v) is 6.20. The van der Waals surface area contributed by atoms with E-state index in [-0.39, 0.29) is 18.1 Å². The monoisotopic (exact) mass is 434 g/mol. The number of hydrogen-bond acceptors (Lipinski definition) is 4. The molecule has 0 spiro atoms. The Morgan fingerprint density at radius 1 is 1.24 bits per heavy atom. The van der Waals surface area contributed by atoms with Gasteiger partial charge >= 0.3 is 0 Å². The fraction of sp³-hybridized carbons (Fsp3) is 0.409. The molecule has 2 aromatic carbocycles. The van der Waals surface area contributed by atoms with E-state index >= 15 is 0 Å². The molecule has 7 heteroatoms. The van der Waals surface area contributed by atoms with Crippen LogP contribution < -0.4 is 19.7 Å². The number of carbonyl (C=O) groups is 1. The molecule has 0 bridgehead atoms. The molecule has 2 aliphatic rings. The molecule has 2 aliphatic heterocycles. The SMILES string of the molecule is COc1cc(C(=O)NC2CCCN(c3ccc(Cl)c(Cl)c3)C2)cc2c1OC(C)C2. The van der Waals surface area contributed by atoms with Crippen LogP contribution in [0, 0.1) is 0 Å². The zero-order chi connectivity index (χ0) is 20.5. The number of halogens is 2. The maximum atomic E-state index is 12.9. The van der Waals surface area contributed by atoms with Crippen molar-refractivity contribution < 1.29 is 14.3 Å². The molecular formula is C22H24Cl2N2O3. The number of ether oxygens (including phenoxy) is 2. The number of benzene rings is 2. The van der Waals surface area contributed by atoms with E-state index in [9.17, 15) is 4.79 Å². The predicted octanol–water partition coefficient (Wildman–Crippen LogP) is 4.72. The molecule has 2 aromatic rings. The quantitative estimate of drug-likeness (QED) is 0.755. The van der Waals surface area contributed by atoms with Crippen LogP contribution in [0.15, 0.2) is 30.3 Å². The first-order valence-electron chi connectivity index (χ1n) is 9.83. The maximum absolute atomic E-state index is 12.9. The third-order valence-electron chi connectivity index (χ3n) is 5.47. The Hall–Kier alpha value is -2.11. The number of piperidine rings is 1.